The van der Waals surface area contributed by atoms with E-state index in [1.807, 2.05) is 31.3 Å². The molecule has 2 heterocycles. The average molecular weight is 485 g/mol. The van der Waals surface area contributed by atoms with Gasteiger partial charge in [-0.05, 0) is 98.0 Å². The van der Waals surface area contributed by atoms with E-state index in [9.17, 15) is 9.00 Å². The molecule has 1 amide bonds. The van der Waals surface area contributed by atoms with E-state index < -0.39 is 16.9 Å². The highest BCUT2D eigenvalue weighted by Gasteiger charge is 2.26. The third-order valence-corrected chi connectivity index (χ3v) is 8.66. The summed E-state index contributed by atoms with van der Waals surface area (Å²) in [5.41, 5.74) is 11.0. The van der Waals surface area contributed by atoms with Crippen LogP contribution in [0, 0.1) is 12.8 Å². The van der Waals surface area contributed by atoms with E-state index in [1.165, 1.54) is 0 Å². The Balaban J connectivity index is 1.61. The van der Waals surface area contributed by atoms with Crippen LogP contribution in [0.4, 0.5) is 0 Å². The molecule has 2 aromatic rings. The van der Waals surface area contributed by atoms with Crippen molar-refractivity contribution in [3.63, 3.8) is 0 Å². The fourth-order valence-corrected chi connectivity index (χ4v) is 6.07. The van der Waals surface area contributed by atoms with Gasteiger partial charge in [0.25, 0.3) is 0 Å². The summed E-state index contributed by atoms with van der Waals surface area (Å²) >= 11 is 0. The Labute approximate surface area is 207 Å². The van der Waals surface area contributed by atoms with Crippen LogP contribution < -0.4 is 11.1 Å². The average Bonchev–Trinajstić information content (AvgIpc) is 3.39. The number of aromatic amines is 1. The van der Waals surface area contributed by atoms with Crippen LogP contribution in [0.2, 0.25) is 0 Å². The van der Waals surface area contributed by atoms with Crippen LogP contribution >= 0.6 is 0 Å². The Morgan fingerprint density at radius 1 is 1.26 bits per heavy atom. The van der Waals surface area contributed by atoms with Crippen LogP contribution in [-0.4, -0.2) is 50.8 Å². The van der Waals surface area contributed by atoms with Crippen molar-refractivity contribution in [3.05, 3.63) is 53.7 Å². The number of benzene rings is 1. The van der Waals surface area contributed by atoms with Gasteiger partial charge in [0.05, 0.1) is 11.0 Å². The number of hydrogen-bond donors (Lipinski definition) is 3. The summed E-state index contributed by atoms with van der Waals surface area (Å²) < 4.78 is 14.9. The van der Waals surface area contributed by atoms with Gasteiger partial charge in [-0.1, -0.05) is 20.4 Å². The number of aromatic nitrogens is 1. The maximum absolute atomic E-state index is 12.8. The lowest BCUT2D eigenvalue weighted by Gasteiger charge is -2.32. The Kier molecular flexibility index (Phi) is 9.68. The number of carbonyl (C=O) groups is 1. The van der Waals surface area contributed by atoms with Crippen LogP contribution in [0.25, 0.3) is 16.8 Å². The first kappa shape index (κ1) is 26.4. The number of piperidine rings is 1. The van der Waals surface area contributed by atoms with Crippen LogP contribution in [-0.2, 0) is 11.0 Å². The Hall–Kier alpha value is -2.22. The number of amides is 1. The van der Waals surface area contributed by atoms with Crippen LogP contribution in [0.1, 0.15) is 67.4 Å². The molecular weight excluding hydrogens is 444 g/mol. The molecule has 6 nitrogen and oxygen atoms in total. The molecule has 1 aliphatic heterocycles. The first-order valence-corrected chi connectivity index (χ1v) is 13.8. The maximum atomic E-state index is 12.8. The minimum absolute atomic E-state index is 0.295. The lowest BCUT2D eigenvalue weighted by Crippen LogP contribution is -2.37. The Morgan fingerprint density at radius 3 is 2.53 bits per heavy atom. The van der Waals surface area contributed by atoms with Crippen LogP contribution in [0.3, 0.4) is 0 Å². The molecule has 3 rings (SSSR count). The summed E-state index contributed by atoms with van der Waals surface area (Å²) in [7, 11) is -0.938. The first-order chi connectivity index (χ1) is 16.3. The SMILES string of the molecule is C=C(c1cc(-c2ccc[nH]2)cc(C(N)=O)c1C)C1CCN(S(=O)CCCNC(CC)CC)CC1. The molecule has 1 aliphatic rings. The van der Waals surface area contributed by atoms with Crippen LogP contribution in [0.5, 0.6) is 0 Å². The minimum atomic E-state index is -0.938. The molecule has 7 heteroatoms. The Bertz CT molecular complexity index is 990. The quantitative estimate of drug-likeness (QED) is 0.383. The van der Waals surface area contributed by atoms with E-state index in [0.29, 0.717) is 23.3 Å². The van der Waals surface area contributed by atoms with E-state index in [-0.39, 0.29) is 0 Å². The van der Waals surface area contributed by atoms with Crippen molar-refractivity contribution >= 4 is 22.5 Å². The number of carbonyl (C=O) groups excluding carboxylic acids is 1. The molecule has 0 aliphatic carbocycles. The smallest absolute Gasteiger partial charge is 0.249 e. The summed E-state index contributed by atoms with van der Waals surface area (Å²) in [6, 6.07) is 8.43. The highest BCUT2D eigenvalue weighted by atomic mass is 32.2. The van der Waals surface area contributed by atoms with Gasteiger partial charge >= 0.3 is 0 Å². The molecule has 0 bridgehead atoms. The number of nitrogens with one attached hydrogen (secondary N) is 2. The third kappa shape index (κ3) is 6.46. The van der Waals surface area contributed by atoms with Gasteiger partial charge in [0.1, 0.15) is 0 Å². The standard InChI is InChI=1S/C27H40N4O2S/c1-5-23(6-2)29-13-8-16-34(33)31-14-10-21(11-15-31)19(3)24-17-22(26-9-7-12-30-26)18-25(20(24)4)27(28)32/h7,9,12,17-18,21,23,29-30H,3,5-6,8,10-11,13-16H2,1-2,4H3,(H2,28,32). The normalized spacial score (nSPS) is 16.1. The molecule has 1 unspecified atom stereocenters. The second kappa shape index (κ2) is 12.5. The van der Waals surface area contributed by atoms with Gasteiger partial charge in [-0.2, -0.15) is 0 Å². The predicted molar refractivity (Wildman–Crippen MR) is 143 cm³/mol. The fraction of sp³-hybridized carbons (Fsp3) is 0.519. The molecule has 1 aromatic carbocycles. The van der Waals surface area contributed by atoms with Crippen molar-refractivity contribution < 1.29 is 9.00 Å². The van der Waals surface area contributed by atoms with Gasteiger partial charge < -0.3 is 16.0 Å². The topological polar surface area (TPSA) is 91.2 Å². The molecule has 1 aromatic heterocycles. The second-order valence-corrected chi connectivity index (χ2v) is 10.8. The molecule has 0 saturated carbocycles. The molecule has 1 atom stereocenters. The minimum Gasteiger partial charge on any atom is -0.366 e. The summed E-state index contributed by atoms with van der Waals surface area (Å²) in [5, 5.41) is 3.55. The predicted octanol–water partition coefficient (Wildman–Crippen LogP) is 4.65. The van der Waals surface area contributed by atoms with Gasteiger partial charge in [0.15, 0.2) is 0 Å². The van der Waals surface area contributed by atoms with Gasteiger partial charge in [0.2, 0.25) is 5.91 Å². The molecule has 34 heavy (non-hydrogen) atoms. The van der Waals surface area contributed by atoms with Gasteiger partial charge in [0, 0.05) is 42.3 Å². The van der Waals surface area contributed by atoms with Gasteiger partial charge in [-0.25, -0.2) is 8.51 Å². The molecule has 1 saturated heterocycles. The second-order valence-electron chi connectivity index (χ2n) is 9.22. The number of H-pyrrole nitrogens is 1. The largest absolute Gasteiger partial charge is 0.366 e. The molecule has 0 radical (unpaired) electrons. The van der Waals surface area contributed by atoms with Crippen LogP contribution in [0.15, 0.2) is 37.0 Å². The molecule has 0 spiro atoms. The number of allylic oxidation sites excluding steroid dienone is 1. The number of hydrogen-bond acceptors (Lipinski definition) is 3. The molecule has 186 valence electrons. The summed E-state index contributed by atoms with van der Waals surface area (Å²) in [5.74, 6) is 0.574. The van der Waals surface area contributed by atoms with Crippen molar-refractivity contribution in [2.45, 2.75) is 58.9 Å². The van der Waals surface area contributed by atoms with Gasteiger partial charge in [-0.3, -0.25) is 4.79 Å². The van der Waals surface area contributed by atoms with E-state index in [2.05, 4.69) is 41.1 Å². The first-order valence-electron chi connectivity index (χ1n) is 12.5. The van der Waals surface area contributed by atoms with E-state index in [4.69, 9.17) is 5.73 Å². The zero-order valence-electron chi connectivity index (χ0n) is 20.9. The van der Waals surface area contributed by atoms with Crippen molar-refractivity contribution in [2.75, 3.05) is 25.4 Å². The molecular formula is C27H40N4O2S. The Morgan fingerprint density at radius 2 is 1.94 bits per heavy atom. The van der Waals surface area contributed by atoms with Crippen molar-refractivity contribution in [1.82, 2.24) is 14.6 Å². The van der Waals surface area contributed by atoms with Crippen molar-refractivity contribution in [2.24, 2.45) is 11.7 Å². The lowest BCUT2D eigenvalue weighted by atomic mass is 9.83. The van der Waals surface area contributed by atoms with E-state index in [0.717, 1.165) is 79.7 Å². The number of nitrogens with zero attached hydrogens (tertiary/aromatic N) is 1. The van der Waals surface area contributed by atoms with Crippen molar-refractivity contribution in [1.29, 1.82) is 0 Å². The highest BCUT2D eigenvalue weighted by molar-refractivity contribution is 7.82. The number of nitrogens with two attached hydrogens (primary N) is 1. The van der Waals surface area contributed by atoms with E-state index in [1.54, 1.807) is 0 Å². The zero-order valence-corrected chi connectivity index (χ0v) is 21.7. The molecule has 4 N–H and O–H groups in total. The lowest BCUT2D eigenvalue weighted by molar-refractivity contribution is 0.0999. The fourth-order valence-electron chi connectivity index (χ4n) is 4.81. The third-order valence-electron chi connectivity index (χ3n) is 7.08. The van der Waals surface area contributed by atoms with E-state index >= 15 is 0 Å². The monoisotopic (exact) mass is 484 g/mol. The van der Waals surface area contributed by atoms with Crippen molar-refractivity contribution in [3.8, 4) is 11.3 Å². The summed E-state index contributed by atoms with van der Waals surface area (Å²) in [6.07, 6.45) is 6.88. The number of rotatable bonds is 12. The highest BCUT2D eigenvalue weighted by Crippen LogP contribution is 2.36. The zero-order chi connectivity index (χ0) is 24.7. The van der Waals surface area contributed by atoms with Gasteiger partial charge in [-0.15, -0.1) is 0 Å². The number of primary amides is 1. The summed E-state index contributed by atoms with van der Waals surface area (Å²) in [4.78, 5) is 15.3. The molecule has 1 fully saturated rings. The maximum Gasteiger partial charge on any atom is 0.249 e. The summed E-state index contributed by atoms with van der Waals surface area (Å²) in [6.45, 7) is 13.3.